The molecule has 90 valence electrons. The van der Waals surface area contributed by atoms with E-state index in [1.54, 1.807) is 12.4 Å². The van der Waals surface area contributed by atoms with Gasteiger partial charge in [-0.25, -0.2) is 0 Å². The van der Waals surface area contributed by atoms with Gasteiger partial charge in [0.15, 0.2) is 0 Å². The molecule has 0 spiro atoms. The number of hydrogen-bond acceptors (Lipinski definition) is 3. The molecular formula is C13H22N2O. The van der Waals surface area contributed by atoms with Crippen LogP contribution in [0, 0.1) is 0 Å². The molecule has 1 fully saturated rings. The summed E-state index contributed by atoms with van der Waals surface area (Å²) in [5.41, 5.74) is 0.300. The Bertz CT molecular complexity index is 292. The summed E-state index contributed by atoms with van der Waals surface area (Å²) in [6.45, 7) is 5.90. The minimum atomic E-state index is -0.652. The Kier molecular flexibility index (Phi) is 4.90. The molecule has 2 heterocycles. The van der Waals surface area contributed by atoms with Crippen LogP contribution < -0.4 is 0 Å². The molecule has 0 atom stereocenters. The Balaban J connectivity index is 0.000000606. The number of aliphatic hydroxyl groups is 1. The molecule has 3 heteroatoms. The van der Waals surface area contributed by atoms with Crippen LogP contribution in [0.5, 0.6) is 0 Å². The van der Waals surface area contributed by atoms with E-state index in [4.69, 9.17) is 0 Å². The number of hydrogen-bond donors (Lipinski definition) is 1. The molecule has 16 heavy (non-hydrogen) atoms. The van der Waals surface area contributed by atoms with Crippen LogP contribution >= 0.6 is 0 Å². The molecule has 0 aromatic carbocycles. The molecule has 0 radical (unpaired) electrons. The zero-order valence-corrected chi connectivity index (χ0v) is 10.5. The molecular weight excluding hydrogens is 200 g/mol. The average molecular weight is 222 g/mol. The molecule has 0 aliphatic carbocycles. The average Bonchev–Trinajstić information content (AvgIpc) is 2.37. The SMILES string of the molecule is CC.CN1CCC(O)(c2cccnc2)CC1. The predicted molar refractivity (Wildman–Crippen MR) is 66.2 cm³/mol. The lowest BCUT2D eigenvalue weighted by molar-refractivity contribution is -0.0205. The minimum Gasteiger partial charge on any atom is -0.385 e. The zero-order chi connectivity index (χ0) is 12.0. The summed E-state index contributed by atoms with van der Waals surface area (Å²) in [5.74, 6) is 0. The molecule has 0 unspecified atom stereocenters. The molecule has 1 N–H and O–H groups in total. The topological polar surface area (TPSA) is 36.4 Å². The quantitative estimate of drug-likeness (QED) is 0.789. The molecule has 1 aliphatic rings. The van der Waals surface area contributed by atoms with Gasteiger partial charge in [0.25, 0.3) is 0 Å². The van der Waals surface area contributed by atoms with Crippen molar-refractivity contribution < 1.29 is 5.11 Å². The van der Waals surface area contributed by atoms with Crippen LogP contribution in [-0.4, -0.2) is 35.1 Å². The van der Waals surface area contributed by atoms with E-state index in [0.29, 0.717) is 0 Å². The second kappa shape index (κ2) is 5.97. The van der Waals surface area contributed by atoms with Crippen molar-refractivity contribution in [1.29, 1.82) is 0 Å². The van der Waals surface area contributed by atoms with Gasteiger partial charge in [-0.1, -0.05) is 19.9 Å². The van der Waals surface area contributed by atoms with Crippen molar-refractivity contribution in [3.63, 3.8) is 0 Å². The fourth-order valence-electron chi connectivity index (χ4n) is 1.92. The summed E-state index contributed by atoms with van der Waals surface area (Å²) in [6.07, 6.45) is 5.11. The Morgan fingerprint density at radius 3 is 2.44 bits per heavy atom. The second-order valence-electron chi connectivity index (χ2n) is 4.08. The van der Waals surface area contributed by atoms with E-state index >= 15 is 0 Å². The lowest BCUT2D eigenvalue weighted by Crippen LogP contribution is -2.40. The van der Waals surface area contributed by atoms with Crippen LogP contribution in [0.15, 0.2) is 24.5 Å². The Labute approximate surface area is 98.1 Å². The van der Waals surface area contributed by atoms with E-state index in [9.17, 15) is 5.11 Å². The van der Waals surface area contributed by atoms with Crippen LogP contribution in [0.3, 0.4) is 0 Å². The van der Waals surface area contributed by atoms with Crippen molar-refractivity contribution in [2.75, 3.05) is 20.1 Å². The van der Waals surface area contributed by atoms with Gasteiger partial charge < -0.3 is 10.0 Å². The Morgan fingerprint density at radius 1 is 1.31 bits per heavy atom. The van der Waals surface area contributed by atoms with Crippen LogP contribution in [0.2, 0.25) is 0 Å². The van der Waals surface area contributed by atoms with Gasteiger partial charge >= 0.3 is 0 Å². The molecule has 0 bridgehead atoms. The van der Waals surface area contributed by atoms with Gasteiger partial charge in [0.2, 0.25) is 0 Å². The fraction of sp³-hybridized carbons (Fsp3) is 0.615. The lowest BCUT2D eigenvalue weighted by Gasteiger charge is -2.36. The van der Waals surface area contributed by atoms with Gasteiger partial charge in [0, 0.05) is 31.0 Å². The van der Waals surface area contributed by atoms with Gasteiger partial charge in [0.05, 0.1) is 5.60 Å². The third-order valence-electron chi connectivity index (χ3n) is 3.01. The van der Waals surface area contributed by atoms with E-state index in [0.717, 1.165) is 31.5 Å². The number of likely N-dealkylation sites (tertiary alicyclic amines) is 1. The van der Waals surface area contributed by atoms with Gasteiger partial charge in [-0.15, -0.1) is 0 Å². The van der Waals surface area contributed by atoms with Crippen LogP contribution in [0.4, 0.5) is 0 Å². The minimum absolute atomic E-state index is 0.652. The first kappa shape index (κ1) is 13.1. The second-order valence-corrected chi connectivity index (χ2v) is 4.08. The maximum Gasteiger partial charge on any atom is 0.0935 e. The molecule has 1 aliphatic heterocycles. The van der Waals surface area contributed by atoms with Gasteiger partial charge in [-0.3, -0.25) is 4.98 Å². The third kappa shape index (κ3) is 3.03. The Hall–Kier alpha value is -0.930. The van der Waals surface area contributed by atoms with Crippen molar-refractivity contribution in [2.24, 2.45) is 0 Å². The highest BCUT2D eigenvalue weighted by Crippen LogP contribution is 2.31. The van der Waals surface area contributed by atoms with E-state index in [1.807, 2.05) is 26.0 Å². The molecule has 2 rings (SSSR count). The van der Waals surface area contributed by atoms with Crippen molar-refractivity contribution >= 4 is 0 Å². The largest absolute Gasteiger partial charge is 0.385 e. The van der Waals surface area contributed by atoms with Crippen molar-refractivity contribution in [3.8, 4) is 0 Å². The molecule has 1 aromatic heterocycles. The predicted octanol–water partition coefficient (Wildman–Crippen LogP) is 2.02. The number of pyridine rings is 1. The molecule has 0 saturated carbocycles. The maximum absolute atomic E-state index is 10.4. The van der Waals surface area contributed by atoms with Crippen LogP contribution in [-0.2, 0) is 5.60 Å². The summed E-state index contributed by atoms with van der Waals surface area (Å²) in [7, 11) is 2.09. The summed E-state index contributed by atoms with van der Waals surface area (Å²) < 4.78 is 0. The molecule has 0 amide bonds. The van der Waals surface area contributed by atoms with Crippen molar-refractivity contribution in [3.05, 3.63) is 30.1 Å². The third-order valence-corrected chi connectivity index (χ3v) is 3.01. The number of nitrogens with zero attached hydrogens (tertiary/aromatic N) is 2. The van der Waals surface area contributed by atoms with Gasteiger partial charge in [-0.2, -0.15) is 0 Å². The highest BCUT2D eigenvalue weighted by molar-refractivity contribution is 5.18. The van der Waals surface area contributed by atoms with E-state index in [2.05, 4.69) is 16.9 Å². The van der Waals surface area contributed by atoms with Crippen molar-refractivity contribution in [2.45, 2.75) is 32.3 Å². The summed E-state index contributed by atoms with van der Waals surface area (Å²) >= 11 is 0. The monoisotopic (exact) mass is 222 g/mol. The van der Waals surface area contributed by atoms with Crippen molar-refractivity contribution in [1.82, 2.24) is 9.88 Å². The lowest BCUT2D eigenvalue weighted by atomic mass is 9.85. The number of rotatable bonds is 1. The smallest absolute Gasteiger partial charge is 0.0935 e. The normalized spacial score (nSPS) is 19.8. The molecule has 1 aromatic rings. The van der Waals surface area contributed by atoms with E-state index in [-0.39, 0.29) is 0 Å². The van der Waals surface area contributed by atoms with E-state index < -0.39 is 5.60 Å². The highest BCUT2D eigenvalue weighted by atomic mass is 16.3. The first-order chi connectivity index (χ1) is 7.71. The summed E-state index contributed by atoms with van der Waals surface area (Å²) in [5, 5.41) is 10.4. The van der Waals surface area contributed by atoms with Crippen LogP contribution in [0.25, 0.3) is 0 Å². The van der Waals surface area contributed by atoms with E-state index in [1.165, 1.54) is 0 Å². The molecule has 3 nitrogen and oxygen atoms in total. The number of piperidine rings is 1. The Morgan fingerprint density at radius 2 is 1.94 bits per heavy atom. The maximum atomic E-state index is 10.4. The van der Waals surface area contributed by atoms with Gasteiger partial charge in [-0.05, 0) is 26.0 Å². The first-order valence-corrected chi connectivity index (χ1v) is 6.02. The zero-order valence-electron chi connectivity index (χ0n) is 10.5. The van der Waals surface area contributed by atoms with Gasteiger partial charge in [0.1, 0.15) is 0 Å². The summed E-state index contributed by atoms with van der Waals surface area (Å²) in [4.78, 5) is 6.29. The number of aromatic nitrogens is 1. The fourth-order valence-corrected chi connectivity index (χ4v) is 1.92. The van der Waals surface area contributed by atoms with Crippen LogP contribution in [0.1, 0.15) is 32.3 Å². The summed E-state index contributed by atoms with van der Waals surface area (Å²) in [6, 6.07) is 3.84. The molecule has 1 saturated heterocycles. The standard InChI is InChI=1S/C11H16N2O.C2H6/c1-13-7-4-11(14,5-8-13)10-3-2-6-12-9-10;1-2/h2-3,6,9,14H,4-5,7-8H2,1H3;1-2H3. The first-order valence-electron chi connectivity index (χ1n) is 6.02. The highest BCUT2D eigenvalue weighted by Gasteiger charge is 2.32.